The van der Waals surface area contributed by atoms with E-state index in [4.69, 9.17) is 4.74 Å². The van der Waals surface area contributed by atoms with Gasteiger partial charge in [-0.1, -0.05) is 0 Å². The van der Waals surface area contributed by atoms with Gasteiger partial charge in [0.05, 0.1) is 6.61 Å². The van der Waals surface area contributed by atoms with Crippen molar-refractivity contribution >= 4 is 0 Å². The van der Waals surface area contributed by atoms with Crippen molar-refractivity contribution in [2.45, 2.75) is 38.5 Å². The first-order chi connectivity index (χ1) is 6.74. The second-order valence-electron chi connectivity index (χ2n) is 4.90. The lowest BCUT2D eigenvalue weighted by Crippen LogP contribution is -2.37. The molecule has 0 amide bonds. The van der Waals surface area contributed by atoms with Gasteiger partial charge in [0.25, 0.3) is 0 Å². The van der Waals surface area contributed by atoms with E-state index >= 15 is 0 Å². The highest BCUT2D eigenvalue weighted by Crippen LogP contribution is 2.21. The van der Waals surface area contributed by atoms with E-state index in [9.17, 15) is 0 Å². The van der Waals surface area contributed by atoms with Crippen molar-refractivity contribution < 1.29 is 4.74 Å². The molecule has 3 unspecified atom stereocenters. The van der Waals surface area contributed by atoms with Gasteiger partial charge in [0.15, 0.2) is 0 Å². The first-order valence-electron chi connectivity index (χ1n) is 5.80. The predicted molar refractivity (Wildman–Crippen MR) is 57.2 cm³/mol. The fraction of sp³-hybridized carbons (Fsp3) is 1.00. The van der Waals surface area contributed by atoms with Gasteiger partial charge in [-0.2, -0.15) is 0 Å². The number of rotatable bonds is 2. The lowest BCUT2D eigenvalue weighted by molar-refractivity contribution is 0.0640. The Kier molecular flexibility index (Phi) is 3.42. The molecule has 0 saturated carbocycles. The molecule has 2 fully saturated rings. The summed E-state index contributed by atoms with van der Waals surface area (Å²) in [6, 6.07) is 0.543. The summed E-state index contributed by atoms with van der Waals surface area (Å²) in [5.74, 6) is 0.830. The third-order valence-corrected chi connectivity index (χ3v) is 3.29. The average molecular weight is 198 g/mol. The first kappa shape index (κ1) is 10.4. The quantitative estimate of drug-likeness (QED) is 0.718. The summed E-state index contributed by atoms with van der Waals surface area (Å²) in [4.78, 5) is 2.44. The molecular formula is C11H22N2O. The Balaban J connectivity index is 1.74. The van der Waals surface area contributed by atoms with Gasteiger partial charge in [0.1, 0.15) is 6.23 Å². The third kappa shape index (κ3) is 2.69. The Morgan fingerprint density at radius 3 is 3.00 bits per heavy atom. The summed E-state index contributed by atoms with van der Waals surface area (Å²) >= 11 is 0. The van der Waals surface area contributed by atoms with Crippen molar-refractivity contribution in [2.24, 2.45) is 5.92 Å². The van der Waals surface area contributed by atoms with E-state index in [1.165, 1.54) is 32.4 Å². The average Bonchev–Trinajstić information content (AvgIpc) is 2.51. The van der Waals surface area contributed by atoms with Crippen molar-refractivity contribution in [1.82, 2.24) is 10.2 Å². The molecule has 0 aromatic rings. The summed E-state index contributed by atoms with van der Waals surface area (Å²) in [6.45, 7) is 5.59. The summed E-state index contributed by atoms with van der Waals surface area (Å²) in [6.07, 6.45) is 4.24. The van der Waals surface area contributed by atoms with Crippen LogP contribution in [-0.4, -0.2) is 43.9 Å². The fourth-order valence-electron chi connectivity index (χ4n) is 2.58. The van der Waals surface area contributed by atoms with Crippen LogP contribution in [0.15, 0.2) is 0 Å². The number of ether oxygens (including phenoxy) is 1. The molecule has 3 atom stereocenters. The minimum absolute atomic E-state index is 0.321. The molecule has 0 radical (unpaired) electrons. The van der Waals surface area contributed by atoms with Gasteiger partial charge in [-0.25, -0.2) is 0 Å². The van der Waals surface area contributed by atoms with Gasteiger partial charge in [0, 0.05) is 12.6 Å². The lowest BCUT2D eigenvalue weighted by atomic mass is 9.94. The second-order valence-corrected chi connectivity index (χ2v) is 4.90. The van der Waals surface area contributed by atoms with E-state index in [0.29, 0.717) is 12.3 Å². The Morgan fingerprint density at radius 1 is 1.50 bits per heavy atom. The van der Waals surface area contributed by atoms with E-state index in [2.05, 4.69) is 24.2 Å². The van der Waals surface area contributed by atoms with E-state index in [1.54, 1.807) is 0 Å². The molecule has 82 valence electrons. The summed E-state index contributed by atoms with van der Waals surface area (Å²) in [7, 11) is 2.22. The highest BCUT2D eigenvalue weighted by atomic mass is 16.5. The second kappa shape index (κ2) is 4.60. The molecule has 2 aliphatic heterocycles. The van der Waals surface area contributed by atoms with Crippen LogP contribution in [0.2, 0.25) is 0 Å². The Morgan fingerprint density at radius 2 is 2.36 bits per heavy atom. The molecule has 0 aromatic heterocycles. The van der Waals surface area contributed by atoms with Gasteiger partial charge < -0.3 is 9.64 Å². The van der Waals surface area contributed by atoms with E-state index in [1.807, 2.05) is 0 Å². The van der Waals surface area contributed by atoms with Crippen molar-refractivity contribution in [3.8, 4) is 0 Å². The first-order valence-corrected chi connectivity index (χ1v) is 5.80. The van der Waals surface area contributed by atoms with Crippen LogP contribution in [0, 0.1) is 5.92 Å². The van der Waals surface area contributed by atoms with Crippen LogP contribution in [0.5, 0.6) is 0 Å². The minimum Gasteiger partial charge on any atom is -0.362 e. The maximum atomic E-state index is 5.67. The van der Waals surface area contributed by atoms with Crippen LogP contribution >= 0.6 is 0 Å². The maximum absolute atomic E-state index is 5.67. The zero-order chi connectivity index (χ0) is 9.97. The summed E-state index contributed by atoms with van der Waals surface area (Å²) < 4.78 is 5.67. The zero-order valence-electron chi connectivity index (χ0n) is 9.33. The standard InChI is InChI=1S/C11H22N2O/c1-9-8-14-11(12-9)6-10-4-3-5-13(2)7-10/h9-12H,3-8H2,1-2H3. The van der Waals surface area contributed by atoms with Gasteiger partial charge >= 0.3 is 0 Å². The maximum Gasteiger partial charge on any atom is 0.108 e. The molecule has 2 saturated heterocycles. The van der Waals surface area contributed by atoms with Crippen molar-refractivity contribution in [2.75, 3.05) is 26.7 Å². The molecule has 0 spiro atoms. The topological polar surface area (TPSA) is 24.5 Å². The molecule has 1 N–H and O–H groups in total. The van der Waals surface area contributed by atoms with Crippen molar-refractivity contribution in [1.29, 1.82) is 0 Å². The molecular weight excluding hydrogens is 176 g/mol. The zero-order valence-corrected chi connectivity index (χ0v) is 9.33. The number of nitrogens with zero attached hydrogens (tertiary/aromatic N) is 1. The van der Waals surface area contributed by atoms with Gasteiger partial charge in [-0.15, -0.1) is 0 Å². The minimum atomic E-state index is 0.321. The number of likely N-dealkylation sites (tertiary alicyclic amines) is 1. The Labute approximate surface area is 86.8 Å². The number of hydrogen-bond acceptors (Lipinski definition) is 3. The number of hydrogen-bond donors (Lipinski definition) is 1. The molecule has 2 rings (SSSR count). The summed E-state index contributed by atoms with van der Waals surface area (Å²) in [5.41, 5.74) is 0. The van der Waals surface area contributed by atoms with Gasteiger partial charge in [-0.05, 0) is 45.7 Å². The van der Waals surface area contributed by atoms with E-state index in [-0.39, 0.29) is 0 Å². The third-order valence-electron chi connectivity index (χ3n) is 3.29. The van der Waals surface area contributed by atoms with E-state index in [0.717, 1.165) is 12.5 Å². The molecule has 3 heteroatoms. The van der Waals surface area contributed by atoms with Crippen LogP contribution in [0.1, 0.15) is 26.2 Å². The summed E-state index contributed by atoms with van der Waals surface area (Å²) in [5, 5.41) is 3.48. The van der Waals surface area contributed by atoms with Gasteiger partial charge in [0.2, 0.25) is 0 Å². The lowest BCUT2D eigenvalue weighted by Gasteiger charge is -2.30. The van der Waals surface area contributed by atoms with Crippen LogP contribution in [0.3, 0.4) is 0 Å². The van der Waals surface area contributed by atoms with Gasteiger partial charge in [-0.3, -0.25) is 5.32 Å². The fourth-order valence-corrected chi connectivity index (χ4v) is 2.58. The number of nitrogens with one attached hydrogen (secondary N) is 1. The number of piperidine rings is 1. The molecule has 0 aliphatic carbocycles. The van der Waals surface area contributed by atoms with Crippen LogP contribution < -0.4 is 5.32 Å². The largest absolute Gasteiger partial charge is 0.362 e. The van der Waals surface area contributed by atoms with Crippen molar-refractivity contribution in [3.05, 3.63) is 0 Å². The highest BCUT2D eigenvalue weighted by molar-refractivity contribution is 4.78. The molecule has 0 aromatic carbocycles. The Bertz CT molecular complexity index is 186. The van der Waals surface area contributed by atoms with Crippen LogP contribution in [-0.2, 0) is 4.74 Å². The molecule has 3 nitrogen and oxygen atoms in total. The van der Waals surface area contributed by atoms with Crippen molar-refractivity contribution in [3.63, 3.8) is 0 Å². The molecule has 2 heterocycles. The monoisotopic (exact) mass is 198 g/mol. The highest BCUT2D eigenvalue weighted by Gasteiger charge is 2.26. The predicted octanol–water partition coefficient (Wildman–Crippen LogP) is 1.05. The van der Waals surface area contributed by atoms with Crippen LogP contribution in [0.4, 0.5) is 0 Å². The normalized spacial score (nSPS) is 40.3. The van der Waals surface area contributed by atoms with E-state index < -0.39 is 0 Å². The smallest absolute Gasteiger partial charge is 0.108 e. The van der Waals surface area contributed by atoms with Crippen LogP contribution in [0.25, 0.3) is 0 Å². The molecule has 0 bridgehead atoms. The molecule has 2 aliphatic rings. The SMILES string of the molecule is CC1COC(CC2CCCN(C)C2)N1. The molecule has 14 heavy (non-hydrogen) atoms. The Hall–Kier alpha value is -0.120.